The third kappa shape index (κ3) is 1.64. The predicted molar refractivity (Wildman–Crippen MR) is 34.7 cm³/mol. The number of hydrogen-bond donors (Lipinski definition) is 1. The molecule has 1 aromatic rings. The molecule has 0 radical (unpaired) electrons. The second-order valence-electron chi connectivity index (χ2n) is 1.51. The van der Waals surface area contributed by atoms with Crippen molar-refractivity contribution in [2.75, 3.05) is 0 Å². The van der Waals surface area contributed by atoms with Crippen molar-refractivity contribution in [1.29, 1.82) is 0 Å². The number of nitrogens with one attached hydrogen (secondary N) is 1. The molecule has 0 fully saturated rings. The lowest BCUT2D eigenvalue weighted by Crippen LogP contribution is -2.04. The maximum Gasteiger partial charge on any atom is 0.251 e. The molecule has 0 unspecified atom stereocenters. The van der Waals surface area contributed by atoms with Gasteiger partial charge in [-0.1, -0.05) is 0 Å². The lowest BCUT2D eigenvalue weighted by molar-refractivity contribution is 0.622. The highest BCUT2D eigenvalue weighted by molar-refractivity contribution is 9.10. The molecule has 0 atom stereocenters. The van der Waals surface area contributed by atoms with Crippen LogP contribution in [0.2, 0.25) is 0 Å². The van der Waals surface area contributed by atoms with Gasteiger partial charge in [-0.05, 0) is 15.9 Å². The number of rotatable bonds is 0. The van der Waals surface area contributed by atoms with Crippen molar-refractivity contribution in [3.63, 3.8) is 0 Å². The fourth-order valence-electron chi connectivity index (χ4n) is 0.478. The van der Waals surface area contributed by atoms with Crippen LogP contribution in [0.15, 0.2) is 21.5 Å². The van der Waals surface area contributed by atoms with E-state index in [0.29, 0.717) is 4.60 Å². The highest BCUT2D eigenvalue weighted by Crippen LogP contribution is 2.02. The van der Waals surface area contributed by atoms with E-state index >= 15 is 0 Å². The van der Waals surface area contributed by atoms with E-state index in [0.717, 1.165) is 6.07 Å². The molecular formula is C5H3BrFNO. The molecule has 2 nitrogen and oxygen atoms in total. The van der Waals surface area contributed by atoms with Crippen LogP contribution in [0.4, 0.5) is 4.39 Å². The zero-order valence-corrected chi connectivity index (χ0v) is 5.90. The minimum absolute atomic E-state index is 0.354. The van der Waals surface area contributed by atoms with Crippen molar-refractivity contribution in [2.24, 2.45) is 0 Å². The Kier molecular flexibility index (Phi) is 1.66. The molecule has 0 aliphatic heterocycles. The summed E-state index contributed by atoms with van der Waals surface area (Å²) in [7, 11) is 0. The van der Waals surface area contributed by atoms with Crippen LogP contribution >= 0.6 is 15.9 Å². The normalized spacial score (nSPS) is 9.56. The third-order valence-corrected chi connectivity index (χ3v) is 1.20. The highest BCUT2D eigenvalue weighted by atomic mass is 79.9. The van der Waals surface area contributed by atoms with Crippen LogP contribution in [-0.4, -0.2) is 4.98 Å². The summed E-state index contributed by atoms with van der Waals surface area (Å²) in [5.74, 6) is -0.536. The van der Waals surface area contributed by atoms with Crippen molar-refractivity contribution >= 4 is 15.9 Å². The predicted octanol–water partition coefficient (Wildman–Crippen LogP) is 1.28. The fraction of sp³-hybridized carbons (Fsp3) is 0. The molecule has 4 heteroatoms. The first-order valence-corrected chi connectivity index (χ1v) is 3.03. The van der Waals surface area contributed by atoms with Crippen LogP contribution in [0.3, 0.4) is 0 Å². The number of hydrogen-bond acceptors (Lipinski definition) is 1. The molecule has 0 amide bonds. The van der Waals surface area contributed by atoms with Gasteiger partial charge < -0.3 is 4.98 Å². The minimum Gasteiger partial charge on any atom is -0.316 e. The maximum atomic E-state index is 12.2. The second-order valence-corrected chi connectivity index (χ2v) is 2.37. The first-order valence-electron chi connectivity index (χ1n) is 2.24. The highest BCUT2D eigenvalue weighted by Gasteiger charge is 1.92. The third-order valence-electron chi connectivity index (χ3n) is 0.776. The van der Waals surface area contributed by atoms with E-state index in [1.807, 2.05) is 0 Å². The van der Waals surface area contributed by atoms with E-state index in [4.69, 9.17) is 0 Å². The molecule has 0 aliphatic carbocycles. The zero-order chi connectivity index (χ0) is 6.85. The van der Waals surface area contributed by atoms with Crippen molar-refractivity contribution in [3.8, 4) is 0 Å². The van der Waals surface area contributed by atoms with E-state index in [1.165, 1.54) is 6.07 Å². The molecule has 0 saturated carbocycles. The summed E-state index contributed by atoms with van der Waals surface area (Å²) in [5.41, 5.74) is -0.443. The average molecular weight is 192 g/mol. The summed E-state index contributed by atoms with van der Waals surface area (Å²) >= 11 is 2.92. The fourth-order valence-corrected chi connectivity index (χ4v) is 0.892. The molecule has 1 aromatic heterocycles. The SMILES string of the molecule is O=c1cc(F)cc(Br)[nH]1. The van der Waals surface area contributed by atoms with Gasteiger partial charge in [-0.3, -0.25) is 4.79 Å². The van der Waals surface area contributed by atoms with Gasteiger partial charge in [0.15, 0.2) is 0 Å². The van der Waals surface area contributed by atoms with Crippen molar-refractivity contribution in [1.82, 2.24) is 4.98 Å². The van der Waals surface area contributed by atoms with Crippen molar-refractivity contribution in [3.05, 3.63) is 32.9 Å². The number of halogens is 2. The Balaban J connectivity index is 3.33. The Morgan fingerprint density at radius 2 is 2.22 bits per heavy atom. The summed E-state index contributed by atoms with van der Waals surface area (Å²) in [5, 5.41) is 0. The molecule has 1 rings (SSSR count). The van der Waals surface area contributed by atoms with Crippen molar-refractivity contribution in [2.45, 2.75) is 0 Å². The number of aromatic nitrogens is 1. The second kappa shape index (κ2) is 2.31. The van der Waals surface area contributed by atoms with E-state index in [1.54, 1.807) is 0 Å². The van der Waals surface area contributed by atoms with Crippen LogP contribution in [0, 0.1) is 5.82 Å². The standard InChI is InChI=1S/C5H3BrFNO/c6-4-1-3(7)2-5(9)8-4/h1-2H,(H,8,9). The average Bonchev–Trinajstić information content (AvgIpc) is 1.59. The molecule has 0 aliphatic rings. The molecular weight excluding hydrogens is 189 g/mol. The molecule has 0 aromatic carbocycles. The largest absolute Gasteiger partial charge is 0.316 e. The van der Waals surface area contributed by atoms with Gasteiger partial charge in [-0.2, -0.15) is 0 Å². The van der Waals surface area contributed by atoms with E-state index in [9.17, 15) is 9.18 Å². The van der Waals surface area contributed by atoms with Gasteiger partial charge in [0.2, 0.25) is 0 Å². The van der Waals surface area contributed by atoms with Gasteiger partial charge in [0, 0.05) is 12.1 Å². The minimum atomic E-state index is -0.536. The Morgan fingerprint density at radius 1 is 1.56 bits per heavy atom. The lowest BCUT2D eigenvalue weighted by Gasteiger charge is -1.87. The van der Waals surface area contributed by atoms with Crippen LogP contribution in [0.1, 0.15) is 0 Å². The van der Waals surface area contributed by atoms with E-state index < -0.39 is 11.4 Å². The quantitative estimate of drug-likeness (QED) is 0.617. The number of H-pyrrole nitrogens is 1. The first kappa shape index (κ1) is 6.48. The Bertz CT molecular complexity index is 247. The monoisotopic (exact) mass is 191 g/mol. The number of pyridine rings is 1. The van der Waals surface area contributed by atoms with Gasteiger partial charge in [0.1, 0.15) is 5.82 Å². The molecule has 0 spiro atoms. The van der Waals surface area contributed by atoms with Crippen LogP contribution in [-0.2, 0) is 0 Å². The van der Waals surface area contributed by atoms with Crippen LogP contribution in [0.5, 0.6) is 0 Å². The van der Waals surface area contributed by atoms with Crippen molar-refractivity contribution < 1.29 is 4.39 Å². The molecule has 9 heavy (non-hydrogen) atoms. The van der Waals surface area contributed by atoms with Gasteiger partial charge >= 0.3 is 0 Å². The number of aromatic amines is 1. The lowest BCUT2D eigenvalue weighted by atomic mass is 10.5. The molecule has 48 valence electrons. The topological polar surface area (TPSA) is 32.9 Å². The Hall–Kier alpha value is -0.640. The van der Waals surface area contributed by atoms with Gasteiger partial charge in [-0.15, -0.1) is 0 Å². The van der Waals surface area contributed by atoms with Crippen LogP contribution < -0.4 is 5.56 Å². The molecule has 0 saturated heterocycles. The summed E-state index contributed by atoms with van der Waals surface area (Å²) in [6, 6.07) is 2.06. The maximum absolute atomic E-state index is 12.2. The van der Waals surface area contributed by atoms with Crippen LogP contribution in [0.25, 0.3) is 0 Å². The zero-order valence-electron chi connectivity index (χ0n) is 4.32. The summed E-state index contributed by atoms with van der Waals surface area (Å²) in [4.78, 5) is 12.7. The van der Waals surface area contributed by atoms with E-state index in [-0.39, 0.29) is 0 Å². The summed E-state index contributed by atoms with van der Waals surface area (Å²) in [6.07, 6.45) is 0. The van der Waals surface area contributed by atoms with Gasteiger partial charge in [0.05, 0.1) is 4.60 Å². The summed E-state index contributed by atoms with van der Waals surface area (Å²) in [6.45, 7) is 0. The smallest absolute Gasteiger partial charge is 0.251 e. The summed E-state index contributed by atoms with van der Waals surface area (Å²) < 4.78 is 12.5. The molecule has 1 N–H and O–H groups in total. The van der Waals surface area contributed by atoms with E-state index in [2.05, 4.69) is 20.9 Å². The Morgan fingerprint density at radius 3 is 2.67 bits per heavy atom. The first-order chi connectivity index (χ1) is 4.18. The molecule has 1 heterocycles. The molecule has 0 bridgehead atoms. The van der Waals surface area contributed by atoms with Gasteiger partial charge in [0.25, 0.3) is 5.56 Å². The van der Waals surface area contributed by atoms with Gasteiger partial charge in [-0.25, -0.2) is 4.39 Å². The Labute approximate surface area is 58.8 Å².